The van der Waals surface area contributed by atoms with Gasteiger partial charge in [0.25, 0.3) is 5.91 Å². The first-order valence-electron chi connectivity index (χ1n) is 14.4. The van der Waals surface area contributed by atoms with Crippen LogP contribution in [0.2, 0.25) is 0 Å². The van der Waals surface area contributed by atoms with E-state index < -0.39 is 6.04 Å². The Morgan fingerprint density at radius 2 is 1.64 bits per heavy atom. The summed E-state index contributed by atoms with van der Waals surface area (Å²) in [6, 6.07) is 25.3. The van der Waals surface area contributed by atoms with Crippen LogP contribution < -0.4 is 15.5 Å². The number of anilines is 1. The number of tetrazole rings is 1. The summed E-state index contributed by atoms with van der Waals surface area (Å²) >= 11 is 0. The van der Waals surface area contributed by atoms with Gasteiger partial charge in [-0.2, -0.15) is 5.21 Å². The van der Waals surface area contributed by atoms with E-state index in [2.05, 4.69) is 31.3 Å². The summed E-state index contributed by atoms with van der Waals surface area (Å²) in [4.78, 5) is 28.8. The number of fused-ring (bicyclic) bond motifs is 2. The standard InChI is InChI=1S/C32H35N7O3/c1-39(26-15-11-22(12-16-26)27-9-5-6-10-28(27)30-35-37-38-36-30)32(41)29(20-42-19-21-7-3-2-4-8-21)34-31(40)23-17-24-13-14-25(18-23)33-24/h2-12,15-16,23-25,29,33H,13-14,17-20H2,1H3,(H,34,40)(H,35,36,37,38). The summed E-state index contributed by atoms with van der Waals surface area (Å²) in [5.41, 5.74) is 4.48. The summed E-state index contributed by atoms with van der Waals surface area (Å²) in [5.74, 6) is 0.111. The highest BCUT2D eigenvalue weighted by atomic mass is 16.5. The Hall–Kier alpha value is -4.41. The molecule has 42 heavy (non-hydrogen) atoms. The maximum Gasteiger partial charge on any atom is 0.251 e. The smallest absolute Gasteiger partial charge is 0.251 e. The predicted molar refractivity (Wildman–Crippen MR) is 159 cm³/mol. The molecular formula is C32H35N7O3. The number of amides is 2. The molecule has 3 unspecified atom stereocenters. The molecule has 10 nitrogen and oxygen atoms in total. The van der Waals surface area contributed by atoms with E-state index in [4.69, 9.17) is 4.74 Å². The van der Waals surface area contributed by atoms with Crippen LogP contribution in [0.15, 0.2) is 78.9 Å². The number of nitrogens with one attached hydrogen (secondary N) is 3. The highest BCUT2D eigenvalue weighted by Crippen LogP contribution is 2.32. The highest BCUT2D eigenvalue weighted by Gasteiger charge is 2.38. The topological polar surface area (TPSA) is 125 Å². The van der Waals surface area contributed by atoms with E-state index in [9.17, 15) is 9.59 Å². The molecule has 216 valence electrons. The average Bonchev–Trinajstić information content (AvgIpc) is 3.69. The van der Waals surface area contributed by atoms with Crippen LogP contribution in [0.1, 0.15) is 31.2 Å². The third-order valence-electron chi connectivity index (χ3n) is 8.26. The van der Waals surface area contributed by atoms with Crippen LogP contribution in [0.4, 0.5) is 5.69 Å². The van der Waals surface area contributed by atoms with Gasteiger partial charge >= 0.3 is 0 Å². The molecule has 1 aromatic heterocycles. The number of benzene rings is 3. The van der Waals surface area contributed by atoms with Crippen LogP contribution in [0.3, 0.4) is 0 Å². The summed E-state index contributed by atoms with van der Waals surface area (Å²) in [7, 11) is 1.73. The van der Waals surface area contributed by atoms with Crippen molar-refractivity contribution in [3.05, 3.63) is 84.4 Å². The lowest BCUT2D eigenvalue weighted by Gasteiger charge is -2.30. The maximum absolute atomic E-state index is 13.8. The van der Waals surface area contributed by atoms with Gasteiger partial charge in [-0.05, 0) is 59.7 Å². The zero-order valence-electron chi connectivity index (χ0n) is 23.6. The number of hydrogen-bond acceptors (Lipinski definition) is 7. The number of rotatable bonds is 10. The van der Waals surface area contributed by atoms with Crippen molar-refractivity contribution in [2.75, 3.05) is 18.6 Å². The third-order valence-corrected chi connectivity index (χ3v) is 8.26. The van der Waals surface area contributed by atoms with Crippen molar-refractivity contribution < 1.29 is 14.3 Å². The van der Waals surface area contributed by atoms with Crippen molar-refractivity contribution in [2.24, 2.45) is 5.92 Å². The molecule has 2 bridgehead atoms. The zero-order chi connectivity index (χ0) is 28.9. The van der Waals surface area contributed by atoms with E-state index in [0.717, 1.165) is 47.9 Å². The van der Waals surface area contributed by atoms with E-state index in [0.29, 0.717) is 30.2 Å². The molecule has 2 fully saturated rings. The van der Waals surface area contributed by atoms with Crippen LogP contribution >= 0.6 is 0 Å². The van der Waals surface area contributed by atoms with Gasteiger partial charge < -0.3 is 20.3 Å². The number of carbonyl (C=O) groups excluding carboxylic acids is 2. The number of hydrogen-bond donors (Lipinski definition) is 3. The average molecular weight is 566 g/mol. The lowest BCUT2D eigenvalue weighted by atomic mass is 9.91. The van der Waals surface area contributed by atoms with E-state index in [1.54, 1.807) is 11.9 Å². The molecule has 3 N–H and O–H groups in total. The molecule has 2 aliphatic rings. The summed E-state index contributed by atoms with van der Waals surface area (Å²) in [5, 5.41) is 21.1. The Bertz CT molecular complexity index is 1480. The monoisotopic (exact) mass is 565 g/mol. The van der Waals surface area contributed by atoms with Crippen molar-refractivity contribution in [1.82, 2.24) is 31.3 Å². The normalized spacial score (nSPS) is 20.2. The minimum Gasteiger partial charge on any atom is -0.374 e. The van der Waals surface area contributed by atoms with Gasteiger partial charge in [0.05, 0.1) is 13.2 Å². The van der Waals surface area contributed by atoms with Gasteiger partial charge in [-0.15, -0.1) is 10.2 Å². The Kier molecular flexibility index (Phi) is 8.34. The molecule has 0 radical (unpaired) electrons. The van der Waals surface area contributed by atoms with Gasteiger partial charge in [0.15, 0.2) is 0 Å². The first kappa shape index (κ1) is 27.7. The van der Waals surface area contributed by atoms with Gasteiger partial charge in [-0.25, -0.2) is 0 Å². The van der Waals surface area contributed by atoms with E-state index in [1.165, 1.54) is 0 Å². The molecular weight excluding hydrogens is 530 g/mol. The molecule has 3 atom stereocenters. The highest BCUT2D eigenvalue weighted by molar-refractivity contribution is 5.99. The van der Waals surface area contributed by atoms with Gasteiger partial charge in [0.1, 0.15) is 6.04 Å². The molecule has 4 aromatic rings. The van der Waals surface area contributed by atoms with Crippen LogP contribution in [-0.4, -0.2) is 64.2 Å². The molecule has 2 aliphatic heterocycles. The Balaban J connectivity index is 1.17. The number of aromatic amines is 1. The number of carbonyl (C=O) groups is 2. The number of H-pyrrole nitrogens is 1. The van der Waals surface area contributed by atoms with Gasteiger partial charge in [-0.1, -0.05) is 66.7 Å². The van der Waals surface area contributed by atoms with Crippen molar-refractivity contribution >= 4 is 17.5 Å². The Morgan fingerprint density at radius 1 is 0.952 bits per heavy atom. The fourth-order valence-electron chi connectivity index (χ4n) is 6.04. The molecule has 6 rings (SSSR count). The van der Waals surface area contributed by atoms with Crippen molar-refractivity contribution in [3.8, 4) is 22.5 Å². The third kappa shape index (κ3) is 6.24. The fraction of sp³-hybridized carbons (Fsp3) is 0.344. The molecule has 3 aromatic carbocycles. The van der Waals surface area contributed by atoms with Gasteiger partial charge in [-0.3, -0.25) is 9.59 Å². The quantitative estimate of drug-likeness (QED) is 0.268. The second-order valence-corrected chi connectivity index (χ2v) is 11.1. The minimum absolute atomic E-state index is 0.0723. The second-order valence-electron chi connectivity index (χ2n) is 11.1. The van der Waals surface area contributed by atoms with Crippen molar-refractivity contribution in [3.63, 3.8) is 0 Å². The SMILES string of the molecule is CN(C(=O)C(COCc1ccccc1)NC(=O)C1CC2CCC(C1)N2)c1ccc(-c2ccccc2-c2nn[nH]n2)cc1. The lowest BCUT2D eigenvalue weighted by molar-refractivity contribution is -0.132. The number of piperidine rings is 1. The first-order chi connectivity index (χ1) is 20.5. The largest absolute Gasteiger partial charge is 0.374 e. The van der Waals surface area contributed by atoms with Gasteiger partial charge in [0.2, 0.25) is 11.7 Å². The van der Waals surface area contributed by atoms with Crippen LogP contribution in [0, 0.1) is 5.92 Å². The van der Waals surface area contributed by atoms with E-state index in [1.807, 2.05) is 78.9 Å². The number of nitrogens with zero attached hydrogens (tertiary/aromatic N) is 4. The Morgan fingerprint density at radius 3 is 2.33 bits per heavy atom. The summed E-state index contributed by atoms with van der Waals surface area (Å²) in [6.07, 6.45) is 3.82. The fourth-order valence-corrected chi connectivity index (χ4v) is 6.04. The van der Waals surface area contributed by atoms with Crippen LogP contribution in [-0.2, 0) is 20.9 Å². The van der Waals surface area contributed by atoms with Crippen LogP contribution in [0.25, 0.3) is 22.5 Å². The van der Waals surface area contributed by atoms with E-state index >= 15 is 0 Å². The summed E-state index contributed by atoms with van der Waals surface area (Å²) < 4.78 is 5.96. The van der Waals surface area contributed by atoms with E-state index in [-0.39, 0.29) is 24.3 Å². The summed E-state index contributed by atoms with van der Waals surface area (Å²) in [6.45, 7) is 0.438. The molecule has 2 saturated heterocycles. The molecule has 3 heterocycles. The molecule has 10 heteroatoms. The predicted octanol–water partition coefficient (Wildman–Crippen LogP) is 3.73. The minimum atomic E-state index is -0.808. The van der Waals surface area contributed by atoms with Gasteiger partial charge in [0, 0.05) is 36.3 Å². The van der Waals surface area contributed by atoms with Crippen molar-refractivity contribution in [1.29, 1.82) is 0 Å². The lowest BCUT2D eigenvalue weighted by Crippen LogP contribution is -2.53. The first-order valence-corrected chi connectivity index (χ1v) is 14.4. The zero-order valence-corrected chi connectivity index (χ0v) is 23.6. The van der Waals surface area contributed by atoms with Crippen LogP contribution in [0.5, 0.6) is 0 Å². The number of ether oxygens (including phenoxy) is 1. The van der Waals surface area contributed by atoms with Crippen molar-refractivity contribution in [2.45, 2.75) is 50.4 Å². The number of aromatic nitrogens is 4. The maximum atomic E-state index is 13.8. The Labute approximate surface area is 244 Å². The number of likely N-dealkylation sites (N-methyl/N-ethyl adjacent to an activating group) is 1. The second kappa shape index (κ2) is 12.6. The molecule has 2 amide bonds. The molecule has 0 aliphatic carbocycles. The molecule has 0 saturated carbocycles. The molecule has 0 spiro atoms.